The van der Waals surface area contributed by atoms with Gasteiger partial charge in [0.15, 0.2) is 5.78 Å². The van der Waals surface area contributed by atoms with Gasteiger partial charge in [-0.1, -0.05) is 17.7 Å². The number of Topliss-reactive ketones (excluding diaryl/α,β-unsaturated/α-hetero) is 2. The molecule has 0 spiro atoms. The maximum Gasteiger partial charge on any atom is 0.224 e. The first kappa shape index (κ1) is 19.3. The van der Waals surface area contributed by atoms with Crippen molar-refractivity contribution < 1.29 is 14.4 Å². The van der Waals surface area contributed by atoms with Gasteiger partial charge >= 0.3 is 0 Å². The minimum atomic E-state index is -0.242. The quantitative estimate of drug-likeness (QED) is 0.660. The lowest BCUT2D eigenvalue weighted by atomic mass is 10.1. The fraction of sp³-hybridized carbons (Fsp3) is 0.316. The number of benzene rings is 1. The molecular weight excluding hydrogens is 358 g/mol. The van der Waals surface area contributed by atoms with Crippen molar-refractivity contribution in [2.75, 3.05) is 5.32 Å². The molecule has 2 aromatic rings. The number of halogens is 1. The van der Waals surface area contributed by atoms with Crippen LogP contribution in [-0.2, 0) is 9.59 Å². The number of aryl methyl sites for hydroxylation is 2. The molecule has 0 aliphatic carbocycles. The summed E-state index contributed by atoms with van der Waals surface area (Å²) in [5, 5.41) is 3.30. The zero-order valence-electron chi connectivity index (χ0n) is 14.2. The first-order chi connectivity index (χ1) is 11.8. The van der Waals surface area contributed by atoms with Crippen LogP contribution in [0.15, 0.2) is 30.3 Å². The van der Waals surface area contributed by atoms with Gasteiger partial charge in [-0.25, -0.2) is 0 Å². The van der Waals surface area contributed by atoms with Gasteiger partial charge in [0.2, 0.25) is 5.91 Å². The van der Waals surface area contributed by atoms with Crippen molar-refractivity contribution in [1.29, 1.82) is 0 Å². The highest BCUT2D eigenvalue weighted by molar-refractivity contribution is 7.14. The SMILES string of the molecule is Cc1ccc(C(=O)CCC(=O)CCC(=O)Nc2ccc(C)c(Cl)c2)s1. The number of thiophene rings is 1. The average Bonchev–Trinajstić information content (AvgIpc) is 3.00. The number of anilines is 1. The molecule has 0 aliphatic heterocycles. The van der Waals surface area contributed by atoms with E-state index in [1.165, 1.54) is 11.3 Å². The summed E-state index contributed by atoms with van der Waals surface area (Å²) in [6.07, 6.45) is 0.576. The van der Waals surface area contributed by atoms with Crippen molar-refractivity contribution in [3.63, 3.8) is 0 Å². The van der Waals surface area contributed by atoms with Crippen molar-refractivity contribution >= 4 is 46.1 Å². The number of carbonyl (C=O) groups is 3. The van der Waals surface area contributed by atoms with E-state index >= 15 is 0 Å². The molecule has 0 aliphatic rings. The first-order valence-electron chi connectivity index (χ1n) is 8.02. The van der Waals surface area contributed by atoms with Crippen molar-refractivity contribution in [2.45, 2.75) is 39.5 Å². The van der Waals surface area contributed by atoms with Gasteiger partial charge < -0.3 is 5.32 Å². The molecule has 4 nitrogen and oxygen atoms in total. The summed E-state index contributed by atoms with van der Waals surface area (Å²) in [7, 11) is 0. The number of carbonyl (C=O) groups excluding carboxylic acids is 3. The zero-order chi connectivity index (χ0) is 18.4. The Morgan fingerprint density at radius 2 is 1.72 bits per heavy atom. The molecule has 1 N–H and O–H groups in total. The van der Waals surface area contributed by atoms with Crippen LogP contribution in [0.4, 0.5) is 5.69 Å². The molecule has 0 fully saturated rings. The second-order valence-corrected chi connectivity index (χ2v) is 7.58. The third-order valence-corrected chi connectivity index (χ3v) is 5.18. The number of rotatable bonds is 8. The van der Waals surface area contributed by atoms with Crippen LogP contribution < -0.4 is 5.32 Å². The van der Waals surface area contributed by atoms with Gasteiger partial charge in [0.05, 0.1) is 4.88 Å². The normalized spacial score (nSPS) is 10.5. The fourth-order valence-corrected chi connectivity index (χ4v) is 3.25. The van der Waals surface area contributed by atoms with Crippen LogP contribution in [0.25, 0.3) is 0 Å². The monoisotopic (exact) mass is 377 g/mol. The van der Waals surface area contributed by atoms with E-state index < -0.39 is 0 Å². The third kappa shape index (κ3) is 6.11. The van der Waals surface area contributed by atoms with E-state index in [-0.39, 0.29) is 43.2 Å². The Hall–Kier alpha value is -1.98. The van der Waals surface area contributed by atoms with Crippen molar-refractivity contribution in [3.8, 4) is 0 Å². The zero-order valence-corrected chi connectivity index (χ0v) is 15.8. The summed E-state index contributed by atoms with van der Waals surface area (Å²) in [4.78, 5) is 37.5. The van der Waals surface area contributed by atoms with Crippen LogP contribution in [0.5, 0.6) is 0 Å². The summed E-state index contributed by atoms with van der Waals surface area (Å²) >= 11 is 7.44. The highest BCUT2D eigenvalue weighted by Gasteiger charge is 2.12. The van der Waals surface area contributed by atoms with Crippen LogP contribution in [0.2, 0.25) is 5.02 Å². The van der Waals surface area contributed by atoms with Gasteiger partial charge in [-0.2, -0.15) is 0 Å². The van der Waals surface area contributed by atoms with Gasteiger partial charge in [0.1, 0.15) is 5.78 Å². The lowest BCUT2D eigenvalue weighted by molar-refractivity contribution is -0.122. The standard InChI is InChI=1S/C19H20ClNO3S/c1-12-3-5-14(11-16(12)20)21-19(24)10-7-15(22)6-8-17(23)18-9-4-13(2)25-18/h3-5,9,11H,6-8,10H2,1-2H3,(H,21,24). The van der Waals surface area contributed by atoms with Crippen molar-refractivity contribution in [2.24, 2.45) is 0 Å². The molecule has 0 saturated heterocycles. The van der Waals surface area contributed by atoms with Gasteiger partial charge in [-0.3, -0.25) is 14.4 Å². The minimum Gasteiger partial charge on any atom is -0.326 e. The number of hydrogen-bond acceptors (Lipinski definition) is 4. The third-order valence-electron chi connectivity index (χ3n) is 3.73. The van der Waals surface area contributed by atoms with Crippen LogP contribution in [0.1, 0.15) is 45.8 Å². The lowest BCUT2D eigenvalue weighted by Crippen LogP contribution is -2.14. The summed E-state index contributed by atoms with van der Waals surface area (Å²) in [5.41, 5.74) is 1.54. The molecule has 132 valence electrons. The molecule has 1 aromatic carbocycles. The Labute approximate surface area is 156 Å². The van der Waals surface area contributed by atoms with E-state index in [2.05, 4.69) is 5.32 Å². The summed E-state index contributed by atoms with van der Waals surface area (Å²) in [6, 6.07) is 8.94. The topological polar surface area (TPSA) is 63.2 Å². The molecule has 2 rings (SSSR count). The largest absolute Gasteiger partial charge is 0.326 e. The molecule has 0 unspecified atom stereocenters. The second kappa shape index (κ2) is 8.92. The average molecular weight is 378 g/mol. The van der Waals surface area contributed by atoms with Gasteiger partial charge in [0.25, 0.3) is 0 Å². The van der Waals surface area contributed by atoms with E-state index in [1.54, 1.807) is 18.2 Å². The Morgan fingerprint density at radius 1 is 1.00 bits per heavy atom. The van der Waals surface area contributed by atoms with Gasteiger partial charge in [-0.05, 0) is 43.7 Å². The van der Waals surface area contributed by atoms with Crippen molar-refractivity contribution in [3.05, 3.63) is 50.7 Å². The number of hydrogen-bond donors (Lipinski definition) is 1. The van der Waals surface area contributed by atoms with E-state index in [0.29, 0.717) is 15.6 Å². The van der Waals surface area contributed by atoms with Gasteiger partial charge in [-0.15, -0.1) is 11.3 Å². The second-order valence-electron chi connectivity index (χ2n) is 5.88. The summed E-state index contributed by atoms with van der Waals surface area (Å²) in [5.74, 6) is -0.350. The molecule has 0 saturated carbocycles. The Morgan fingerprint density at radius 3 is 2.36 bits per heavy atom. The lowest BCUT2D eigenvalue weighted by Gasteiger charge is -2.06. The molecule has 6 heteroatoms. The fourth-order valence-electron chi connectivity index (χ4n) is 2.23. The van der Waals surface area contributed by atoms with E-state index in [0.717, 1.165) is 10.4 Å². The number of nitrogens with one attached hydrogen (secondary N) is 1. The molecule has 0 radical (unpaired) electrons. The number of ketones is 2. The summed E-state index contributed by atoms with van der Waals surface area (Å²) in [6.45, 7) is 3.82. The predicted octanol–water partition coefficient (Wildman–Crippen LogP) is 4.97. The van der Waals surface area contributed by atoms with Crippen LogP contribution in [0, 0.1) is 13.8 Å². The number of amides is 1. The maximum atomic E-state index is 12.0. The maximum absolute atomic E-state index is 12.0. The minimum absolute atomic E-state index is 0.0230. The smallest absolute Gasteiger partial charge is 0.224 e. The summed E-state index contributed by atoms with van der Waals surface area (Å²) < 4.78 is 0. The highest BCUT2D eigenvalue weighted by atomic mass is 35.5. The molecule has 1 heterocycles. The Bertz CT molecular complexity index is 798. The molecule has 0 atom stereocenters. The van der Waals surface area contributed by atoms with Crippen LogP contribution >= 0.6 is 22.9 Å². The molecule has 1 amide bonds. The molecular formula is C19H20ClNO3S. The van der Waals surface area contributed by atoms with Crippen LogP contribution in [-0.4, -0.2) is 17.5 Å². The van der Waals surface area contributed by atoms with Crippen LogP contribution in [0.3, 0.4) is 0 Å². The molecule has 0 bridgehead atoms. The van der Waals surface area contributed by atoms with E-state index in [4.69, 9.17) is 11.6 Å². The molecule has 1 aromatic heterocycles. The van der Waals surface area contributed by atoms with Gasteiger partial charge in [0, 0.05) is 41.3 Å². The molecule has 25 heavy (non-hydrogen) atoms. The highest BCUT2D eigenvalue weighted by Crippen LogP contribution is 2.20. The first-order valence-corrected chi connectivity index (χ1v) is 9.22. The predicted molar refractivity (Wildman–Crippen MR) is 102 cm³/mol. The van der Waals surface area contributed by atoms with E-state index in [9.17, 15) is 14.4 Å². The van der Waals surface area contributed by atoms with E-state index in [1.807, 2.05) is 26.0 Å². The Balaban J connectivity index is 1.72. The Kier molecular flexibility index (Phi) is 6.91. The van der Waals surface area contributed by atoms with Crippen molar-refractivity contribution in [1.82, 2.24) is 0 Å².